The van der Waals surface area contributed by atoms with Crippen molar-refractivity contribution in [3.8, 4) is 0 Å². The van der Waals surface area contributed by atoms with Crippen LogP contribution in [0.4, 0.5) is 13.2 Å². The number of carboxylic acids is 1. The molecule has 0 fully saturated rings. The number of alkyl halides is 3. The molecule has 1 aliphatic rings. The molecule has 8 nitrogen and oxygen atoms in total. The lowest BCUT2D eigenvalue weighted by molar-refractivity contribution is -0.145. The van der Waals surface area contributed by atoms with Crippen molar-refractivity contribution in [3.63, 3.8) is 0 Å². The zero-order valence-corrected chi connectivity index (χ0v) is 12.2. The van der Waals surface area contributed by atoms with Crippen molar-refractivity contribution in [2.24, 2.45) is 0 Å². The summed E-state index contributed by atoms with van der Waals surface area (Å²) in [4.78, 5) is 30.0. The molecule has 0 radical (unpaired) electrons. The van der Waals surface area contributed by atoms with Gasteiger partial charge in [0.05, 0.1) is 6.54 Å². The summed E-state index contributed by atoms with van der Waals surface area (Å²) < 4.78 is 39.4. The van der Waals surface area contributed by atoms with E-state index in [1.54, 1.807) is 0 Å². The van der Waals surface area contributed by atoms with E-state index in [0.29, 0.717) is 25.1 Å². The van der Waals surface area contributed by atoms with Gasteiger partial charge in [-0.05, 0) is 12.8 Å². The Kier molecular flexibility index (Phi) is 3.85. The molecule has 0 amide bonds. The number of aromatic nitrogens is 5. The number of hydrogen-bond acceptors (Lipinski definition) is 5. The van der Waals surface area contributed by atoms with Crippen LogP contribution in [-0.4, -0.2) is 35.4 Å². The Morgan fingerprint density at radius 2 is 2.00 bits per heavy atom. The normalized spacial score (nSPS) is 17.5. The highest BCUT2D eigenvalue weighted by Crippen LogP contribution is 2.25. The molecular weight excluding hydrogens is 331 g/mol. The van der Waals surface area contributed by atoms with E-state index < -0.39 is 29.7 Å². The predicted octanol–water partition coefficient (Wildman–Crippen LogP) is 0.864. The van der Waals surface area contributed by atoms with Crippen molar-refractivity contribution in [2.45, 2.75) is 38.0 Å². The van der Waals surface area contributed by atoms with Gasteiger partial charge in [-0.2, -0.15) is 18.3 Å². The van der Waals surface area contributed by atoms with E-state index in [9.17, 15) is 27.9 Å². The zero-order chi connectivity index (χ0) is 17.5. The SMILES string of the molecule is O=C(O)C1CCCc2nn(Cc3cnc(C(F)(F)F)nc3)c(=O)n21. The van der Waals surface area contributed by atoms with Gasteiger partial charge in [-0.15, -0.1) is 0 Å². The van der Waals surface area contributed by atoms with Gasteiger partial charge in [0.2, 0.25) is 5.82 Å². The molecule has 24 heavy (non-hydrogen) atoms. The molecule has 3 rings (SSSR count). The lowest BCUT2D eigenvalue weighted by Gasteiger charge is -2.19. The van der Waals surface area contributed by atoms with E-state index in [2.05, 4.69) is 15.1 Å². The third-order valence-corrected chi connectivity index (χ3v) is 3.71. The first kappa shape index (κ1) is 16.1. The number of rotatable bonds is 3. The van der Waals surface area contributed by atoms with Gasteiger partial charge in [-0.3, -0.25) is 4.57 Å². The Balaban J connectivity index is 1.89. The van der Waals surface area contributed by atoms with Crippen LogP contribution in [0.5, 0.6) is 0 Å². The molecular formula is C13H12F3N5O3. The third-order valence-electron chi connectivity index (χ3n) is 3.71. The monoisotopic (exact) mass is 343 g/mol. The Morgan fingerprint density at radius 1 is 1.33 bits per heavy atom. The maximum Gasteiger partial charge on any atom is 0.451 e. The number of aryl methyl sites for hydroxylation is 1. The average Bonchev–Trinajstić information content (AvgIpc) is 2.83. The summed E-state index contributed by atoms with van der Waals surface area (Å²) in [7, 11) is 0. The van der Waals surface area contributed by atoms with Gasteiger partial charge in [0.25, 0.3) is 0 Å². The Bertz CT molecular complexity index is 825. The second-order valence-corrected chi connectivity index (χ2v) is 5.39. The summed E-state index contributed by atoms with van der Waals surface area (Å²) in [6.45, 7) is -0.136. The topological polar surface area (TPSA) is 103 Å². The Labute approximate surface area is 132 Å². The van der Waals surface area contributed by atoms with Crippen molar-refractivity contribution < 1.29 is 23.1 Å². The highest BCUT2D eigenvalue weighted by molar-refractivity contribution is 5.72. The fourth-order valence-corrected chi connectivity index (χ4v) is 2.62. The van der Waals surface area contributed by atoms with E-state index in [1.165, 1.54) is 0 Å². The highest BCUT2D eigenvalue weighted by Gasteiger charge is 2.34. The third kappa shape index (κ3) is 2.88. The molecule has 1 aliphatic heterocycles. The Hall–Kier alpha value is -2.72. The summed E-state index contributed by atoms with van der Waals surface area (Å²) in [5, 5.41) is 13.3. The maximum absolute atomic E-state index is 12.4. The predicted molar refractivity (Wildman–Crippen MR) is 72.2 cm³/mol. The second kappa shape index (κ2) is 5.73. The minimum atomic E-state index is -4.64. The summed E-state index contributed by atoms with van der Waals surface area (Å²) in [6, 6.07) is -0.973. The van der Waals surface area contributed by atoms with E-state index >= 15 is 0 Å². The Morgan fingerprint density at radius 3 is 2.58 bits per heavy atom. The van der Waals surface area contributed by atoms with Gasteiger partial charge in [0.15, 0.2) is 0 Å². The van der Waals surface area contributed by atoms with Crippen LogP contribution >= 0.6 is 0 Å². The molecule has 1 N–H and O–H groups in total. The van der Waals surface area contributed by atoms with Crippen molar-refractivity contribution in [3.05, 3.63) is 40.1 Å². The first-order valence-electron chi connectivity index (χ1n) is 7.06. The molecule has 0 aromatic carbocycles. The largest absolute Gasteiger partial charge is 0.480 e. The minimum absolute atomic E-state index is 0.136. The molecule has 0 aliphatic carbocycles. The smallest absolute Gasteiger partial charge is 0.451 e. The first-order valence-corrected chi connectivity index (χ1v) is 7.06. The van der Waals surface area contributed by atoms with Crippen molar-refractivity contribution in [1.29, 1.82) is 0 Å². The molecule has 0 spiro atoms. The van der Waals surface area contributed by atoms with Gasteiger partial charge in [0, 0.05) is 24.4 Å². The average molecular weight is 343 g/mol. The fourth-order valence-electron chi connectivity index (χ4n) is 2.62. The minimum Gasteiger partial charge on any atom is -0.480 e. The lowest BCUT2D eigenvalue weighted by Crippen LogP contribution is -2.34. The van der Waals surface area contributed by atoms with Crippen molar-refractivity contribution in [1.82, 2.24) is 24.3 Å². The number of fused-ring (bicyclic) bond motifs is 1. The second-order valence-electron chi connectivity index (χ2n) is 5.39. The number of halogens is 3. The van der Waals surface area contributed by atoms with E-state index in [1.807, 2.05) is 0 Å². The number of carbonyl (C=O) groups is 1. The fraction of sp³-hybridized carbons (Fsp3) is 0.462. The van der Waals surface area contributed by atoms with Gasteiger partial charge in [-0.25, -0.2) is 24.2 Å². The van der Waals surface area contributed by atoms with Crippen LogP contribution in [0.3, 0.4) is 0 Å². The molecule has 1 atom stereocenters. The lowest BCUT2D eigenvalue weighted by atomic mass is 10.1. The summed E-state index contributed by atoms with van der Waals surface area (Å²) in [6.07, 6.45) is -1.31. The van der Waals surface area contributed by atoms with Crippen LogP contribution < -0.4 is 5.69 Å². The first-order chi connectivity index (χ1) is 11.3. The number of aliphatic carboxylic acids is 1. The number of nitrogens with zero attached hydrogens (tertiary/aromatic N) is 5. The van der Waals surface area contributed by atoms with Crippen LogP contribution in [0, 0.1) is 0 Å². The molecule has 2 aromatic heterocycles. The van der Waals surface area contributed by atoms with Crippen LogP contribution in [0.25, 0.3) is 0 Å². The maximum atomic E-state index is 12.4. The molecule has 128 valence electrons. The van der Waals surface area contributed by atoms with Gasteiger partial charge in [-0.1, -0.05) is 0 Å². The molecule has 11 heteroatoms. The molecule has 3 heterocycles. The number of hydrogen-bond donors (Lipinski definition) is 1. The summed E-state index contributed by atoms with van der Waals surface area (Å²) in [5.41, 5.74) is -0.357. The van der Waals surface area contributed by atoms with Crippen LogP contribution in [0.1, 0.15) is 36.1 Å². The van der Waals surface area contributed by atoms with E-state index in [0.717, 1.165) is 21.6 Å². The van der Waals surface area contributed by atoms with Crippen LogP contribution in [0.2, 0.25) is 0 Å². The molecule has 0 saturated carbocycles. The van der Waals surface area contributed by atoms with Gasteiger partial charge >= 0.3 is 17.8 Å². The molecule has 2 aromatic rings. The zero-order valence-electron chi connectivity index (χ0n) is 12.2. The van der Waals surface area contributed by atoms with Crippen molar-refractivity contribution >= 4 is 5.97 Å². The number of carboxylic acid groups (broad SMARTS) is 1. The molecule has 1 unspecified atom stereocenters. The molecule has 0 bridgehead atoms. The van der Waals surface area contributed by atoms with E-state index in [-0.39, 0.29) is 12.1 Å². The van der Waals surface area contributed by atoms with Gasteiger partial charge in [0.1, 0.15) is 11.9 Å². The van der Waals surface area contributed by atoms with E-state index in [4.69, 9.17) is 0 Å². The highest BCUT2D eigenvalue weighted by atomic mass is 19.4. The van der Waals surface area contributed by atoms with Crippen molar-refractivity contribution in [2.75, 3.05) is 0 Å². The van der Waals surface area contributed by atoms with Gasteiger partial charge < -0.3 is 5.11 Å². The van der Waals surface area contributed by atoms with Crippen LogP contribution in [0.15, 0.2) is 17.2 Å². The van der Waals surface area contributed by atoms with Crippen LogP contribution in [-0.2, 0) is 23.9 Å². The molecule has 0 saturated heterocycles. The summed E-state index contributed by atoms with van der Waals surface area (Å²) >= 11 is 0. The quantitative estimate of drug-likeness (QED) is 0.887. The summed E-state index contributed by atoms with van der Waals surface area (Å²) in [5.74, 6) is -2.03. The standard InChI is InChI=1S/C13H12F3N5O3/c14-13(15,16)11-17-4-7(5-18-11)6-20-12(24)21-8(10(22)23)2-1-3-9(21)19-20/h4-5,8H,1-3,6H2,(H,22,23).